The summed E-state index contributed by atoms with van der Waals surface area (Å²) in [5, 5.41) is 0. The first kappa shape index (κ1) is 18.4. The van der Waals surface area contributed by atoms with Crippen LogP contribution in [0, 0.1) is 13.8 Å². The van der Waals surface area contributed by atoms with Crippen LogP contribution in [0.3, 0.4) is 0 Å². The van der Waals surface area contributed by atoms with Crippen LogP contribution in [0.15, 0.2) is 17.0 Å². The third-order valence-electron chi connectivity index (χ3n) is 3.60. The maximum absolute atomic E-state index is 12.4. The van der Waals surface area contributed by atoms with Gasteiger partial charge in [-0.05, 0) is 51.0 Å². The molecule has 0 aliphatic carbocycles. The van der Waals surface area contributed by atoms with Crippen LogP contribution in [-0.2, 0) is 14.8 Å². The molecule has 0 saturated carbocycles. The van der Waals surface area contributed by atoms with Crippen molar-refractivity contribution in [3.8, 4) is 5.75 Å². The molecule has 1 N–H and O–H groups in total. The van der Waals surface area contributed by atoms with Gasteiger partial charge in [0.2, 0.25) is 15.9 Å². The molecule has 0 atom stereocenters. The number of nitrogens with zero attached hydrogens (tertiary/aromatic N) is 1. The number of ether oxygens (including phenoxy) is 1. The average molecular weight is 328 g/mol. The molecule has 0 radical (unpaired) electrons. The number of benzene rings is 1. The van der Waals surface area contributed by atoms with Crippen LogP contribution in [0.5, 0.6) is 5.75 Å². The Labute approximate surface area is 132 Å². The molecule has 0 fully saturated rings. The normalized spacial score (nSPS) is 11.3. The zero-order valence-electron chi connectivity index (χ0n) is 13.8. The average Bonchev–Trinajstić information content (AvgIpc) is 2.48. The topological polar surface area (TPSA) is 75.7 Å². The van der Waals surface area contributed by atoms with E-state index in [1.807, 2.05) is 27.7 Å². The molecular weight excluding hydrogens is 304 g/mol. The molecule has 0 bridgehead atoms. The standard InChI is InChI=1S/C15H24N2O4S/c1-6-17(7-2)15(18)10-16-22(19,20)14-9-12(4)11(3)8-13(14)21-5/h8-9,16H,6-7,10H2,1-5H3. The molecule has 22 heavy (non-hydrogen) atoms. The van der Waals surface area contributed by atoms with E-state index in [0.717, 1.165) is 11.1 Å². The summed E-state index contributed by atoms with van der Waals surface area (Å²) in [6.07, 6.45) is 0. The number of sulfonamides is 1. The molecule has 1 aromatic rings. The Bertz CT molecular complexity index is 637. The SMILES string of the molecule is CCN(CC)C(=O)CNS(=O)(=O)c1cc(C)c(C)cc1OC. The summed E-state index contributed by atoms with van der Waals surface area (Å²) in [6, 6.07) is 3.23. The lowest BCUT2D eigenvalue weighted by atomic mass is 10.1. The Kier molecular flexibility index (Phi) is 6.37. The number of rotatable bonds is 7. The second kappa shape index (κ2) is 7.60. The number of aryl methyl sites for hydroxylation is 2. The van der Waals surface area contributed by atoms with Gasteiger partial charge in [-0.3, -0.25) is 4.79 Å². The van der Waals surface area contributed by atoms with E-state index in [4.69, 9.17) is 4.74 Å². The Morgan fingerprint density at radius 1 is 1.18 bits per heavy atom. The van der Waals surface area contributed by atoms with Gasteiger partial charge in [0.1, 0.15) is 10.6 Å². The van der Waals surface area contributed by atoms with Gasteiger partial charge in [-0.2, -0.15) is 0 Å². The fraction of sp³-hybridized carbons (Fsp3) is 0.533. The van der Waals surface area contributed by atoms with E-state index in [1.54, 1.807) is 17.0 Å². The fourth-order valence-electron chi connectivity index (χ4n) is 2.06. The van der Waals surface area contributed by atoms with Gasteiger partial charge in [-0.25, -0.2) is 13.1 Å². The quantitative estimate of drug-likeness (QED) is 0.822. The number of nitrogens with one attached hydrogen (secondary N) is 1. The molecule has 0 saturated heterocycles. The fourth-order valence-corrected chi connectivity index (χ4v) is 3.26. The van der Waals surface area contributed by atoms with Crippen molar-refractivity contribution in [1.29, 1.82) is 0 Å². The Hall–Kier alpha value is -1.60. The van der Waals surface area contributed by atoms with Gasteiger partial charge in [0.25, 0.3) is 0 Å². The van der Waals surface area contributed by atoms with Crippen LogP contribution in [-0.4, -0.2) is 46.0 Å². The Balaban J connectivity index is 3.01. The molecule has 0 aromatic heterocycles. The predicted molar refractivity (Wildman–Crippen MR) is 85.6 cm³/mol. The lowest BCUT2D eigenvalue weighted by molar-refractivity contribution is -0.129. The number of methoxy groups -OCH3 is 1. The summed E-state index contributed by atoms with van der Waals surface area (Å²) >= 11 is 0. The maximum atomic E-state index is 12.4. The van der Waals surface area contributed by atoms with Crippen LogP contribution in [0.1, 0.15) is 25.0 Å². The summed E-state index contributed by atoms with van der Waals surface area (Å²) in [6.45, 7) is 8.24. The van der Waals surface area contributed by atoms with Crippen molar-refractivity contribution in [2.45, 2.75) is 32.6 Å². The van der Waals surface area contributed by atoms with Gasteiger partial charge in [-0.15, -0.1) is 0 Å². The molecule has 124 valence electrons. The van der Waals surface area contributed by atoms with Gasteiger partial charge >= 0.3 is 0 Å². The number of carbonyl (C=O) groups is 1. The predicted octanol–water partition coefficient (Wildman–Crippen LogP) is 1.46. The van der Waals surface area contributed by atoms with Crippen molar-refractivity contribution >= 4 is 15.9 Å². The van der Waals surface area contributed by atoms with E-state index < -0.39 is 10.0 Å². The number of amides is 1. The van der Waals surface area contributed by atoms with Gasteiger partial charge in [0.15, 0.2) is 0 Å². The third kappa shape index (κ3) is 4.20. The van der Waals surface area contributed by atoms with Gasteiger partial charge in [0, 0.05) is 13.1 Å². The molecular formula is C15H24N2O4S. The van der Waals surface area contributed by atoms with Crippen molar-refractivity contribution in [3.05, 3.63) is 23.3 Å². The summed E-state index contributed by atoms with van der Waals surface area (Å²) in [4.78, 5) is 13.5. The minimum Gasteiger partial charge on any atom is -0.495 e. The minimum absolute atomic E-state index is 0.0467. The molecule has 7 heteroatoms. The van der Waals surface area contributed by atoms with E-state index in [0.29, 0.717) is 13.1 Å². The smallest absolute Gasteiger partial charge is 0.244 e. The second-order valence-electron chi connectivity index (χ2n) is 4.98. The van der Waals surface area contributed by atoms with Gasteiger partial charge < -0.3 is 9.64 Å². The van der Waals surface area contributed by atoms with E-state index in [9.17, 15) is 13.2 Å². The third-order valence-corrected chi connectivity index (χ3v) is 5.02. The number of carbonyl (C=O) groups excluding carboxylic acids is 1. The molecule has 6 nitrogen and oxygen atoms in total. The first-order valence-corrected chi connectivity index (χ1v) is 8.67. The van der Waals surface area contributed by atoms with Crippen LogP contribution in [0.25, 0.3) is 0 Å². The zero-order chi connectivity index (χ0) is 16.9. The molecule has 0 unspecified atom stereocenters. The summed E-state index contributed by atoms with van der Waals surface area (Å²) in [5.74, 6) is 0.0160. The highest BCUT2D eigenvalue weighted by Gasteiger charge is 2.22. The van der Waals surface area contributed by atoms with Crippen molar-refractivity contribution in [1.82, 2.24) is 9.62 Å². The zero-order valence-corrected chi connectivity index (χ0v) is 14.6. The van der Waals surface area contributed by atoms with Crippen LogP contribution in [0.4, 0.5) is 0 Å². The van der Waals surface area contributed by atoms with Crippen molar-refractivity contribution < 1.29 is 17.9 Å². The van der Waals surface area contributed by atoms with Crippen molar-refractivity contribution in [3.63, 3.8) is 0 Å². The van der Waals surface area contributed by atoms with Gasteiger partial charge in [0.05, 0.1) is 13.7 Å². The monoisotopic (exact) mass is 328 g/mol. The molecule has 1 amide bonds. The van der Waals surface area contributed by atoms with Crippen LogP contribution >= 0.6 is 0 Å². The number of hydrogen-bond acceptors (Lipinski definition) is 4. The highest BCUT2D eigenvalue weighted by molar-refractivity contribution is 7.89. The van der Waals surface area contributed by atoms with Crippen molar-refractivity contribution in [2.75, 3.05) is 26.7 Å². The Morgan fingerprint density at radius 3 is 2.23 bits per heavy atom. The van der Waals surface area contributed by atoms with E-state index in [1.165, 1.54) is 7.11 Å². The summed E-state index contributed by atoms with van der Waals surface area (Å²) in [5.41, 5.74) is 1.78. The first-order valence-electron chi connectivity index (χ1n) is 7.19. The number of hydrogen-bond donors (Lipinski definition) is 1. The number of likely N-dealkylation sites (N-methyl/N-ethyl adjacent to an activating group) is 1. The largest absolute Gasteiger partial charge is 0.495 e. The van der Waals surface area contributed by atoms with E-state index >= 15 is 0 Å². The highest BCUT2D eigenvalue weighted by Crippen LogP contribution is 2.27. The molecule has 1 aromatic carbocycles. The first-order chi connectivity index (χ1) is 10.3. The Morgan fingerprint density at radius 2 is 1.73 bits per heavy atom. The summed E-state index contributed by atoms with van der Waals surface area (Å²) < 4.78 is 32.3. The molecule has 0 aliphatic heterocycles. The maximum Gasteiger partial charge on any atom is 0.244 e. The van der Waals surface area contributed by atoms with Crippen LogP contribution < -0.4 is 9.46 Å². The van der Waals surface area contributed by atoms with Crippen molar-refractivity contribution in [2.24, 2.45) is 0 Å². The van der Waals surface area contributed by atoms with Crippen LogP contribution in [0.2, 0.25) is 0 Å². The molecule has 0 spiro atoms. The highest BCUT2D eigenvalue weighted by atomic mass is 32.2. The lowest BCUT2D eigenvalue weighted by Gasteiger charge is -2.19. The molecule has 0 aliphatic rings. The second-order valence-corrected chi connectivity index (χ2v) is 6.71. The van der Waals surface area contributed by atoms with E-state index in [2.05, 4.69) is 4.72 Å². The molecule has 1 rings (SSSR count). The minimum atomic E-state index is -3.81. The van der Waals surface area contributed by atoms with Gasteiger partial charge in [-0.1, -0.05) is 0 Å². The van der Waals surface area contributed by atoms with E-state index in [-0.39, 0.29) is 23.1 Å². The summed E-state index contributed by atoms with van der Waals surface area (Å²) in [7, 11) is -2.39. The lowest BCUT2D eigenvalue weighted by Crippen LogP contribution is -2.40. The molecule has 0 heterocycles.